The molecule has 0 atom stereocenters. The number of benzene rings is 2. The highest BCUT2D eigenvalue weighted by Gasteiger charge is 2.22. The second-order valence-electron chi connectivity index (χ2n) is 8.81. The number of methoxy groups -OCH3 is 2. The number of nitrogens with zero attached hydrogens (tertiary/aromatic N) is 2. The quantitative estimate of drug-likeness (QED) is 0.499. The predicted octanol–water partition coefficient (Wildman–Crippen LogP) is 4.46. The van der Waals surface area contributed by atoms with Gasteiger partial charge in [0.15, 0.2) is 11.5 Å². The van der Waals surface area contributed by atoms with Crippen molar-refractivity contribution in [1.29, 1.82) is 0 Å². The Kier molecular flexibility index (Phi) is 9.66. The number of likely N-dealkylation sites (N-methyl/N-ethyl adjacent to an activating group) is 1. The molecule has 190 valence electrons. The Hall–Kier alpha value is -2.48. The molecule has 1 aliphatic rings. The van der Waals surface area contributed by atoms with Gasteiger partial charge in [0.1, 0.15) is 0 Å². The van der Waals surface area contributed by atoms with E-state index in [4.69, 9.17) is 32.7 Å². The van der Waals surface area contributed by atoms with Crippen LogP contribution in [0.3, 0.4) is 0 Å². The number of anilines is 1. The van der Waals surface area contributed by atoms with Crippen molar-refractivity contribution in [3.63, 3.8) is 0 Å². The first-order valence-corrected chi connectivity index (χ1v) is 12.4. The summed E-state index contributed by atoms with van der Waals surface area (Å²) < 4.78 is 10.8. The minimum Gasteiger partial charge on any atom is -0.493 e. The zero-order valence-corrected chi connectivity index (χ0v) is 22.3. The Morgan fingerprint density at radius 3 is 2.29 bits per heavy atom. The van der Waals surface area contributed by atoms with E-state index in [9.17, 15) is 9.59 Å². The Balaban J connectivity index is 1.48. The summed E-state index contributed by atoms with van der Waals surface area (Å²) in [6.45, 7) is 4.52. The smallest absolute Gasteiger partial charge is 0.227 e. The molecule has 0 fully saturated rings. The summed E-state index contributed by atoms with van der Waals surface area (Å²) in [5.74, 6) is 1.28. The van der Waals surface area contributed by atoms with Gasteiger partial charge in [-0.1, -0.05) is 23.2 Å². The van der Waals surface area contributed by atoms with E-state index in [-0.39, 0.29) is 11.8 Å². The van der Waals surface area contributed by atoms with E-state index in [0.717, 1.165) is 49.0 Å². The van der Waals surface area contributed by atoms with Crippen LogP contribution in [0.1, 0.15) is 30.0 Å². The van der Waals surface area contributed by atoms with Crippen LogP contribution in [-0.4, -0.2) is 69.1 Å². The van der Waals surface area contributed by atoms with Gasteiger partial charge < -0.3 is 24.6 Å². The van der Waals surface area contributed by atoms with E-state index in [0.29, 0.717) is 46.7 Å². The third-order valence-corrected chi connectivity index (χ3v) is 6.80. The maximum atomic E-state index is 12.9. The number of nitrogens with one attached hydrogen (secondary N) is 1. The monoisotopic (exact) mass is 521 g/mol. The average Bonchev–Trinajstić information content (AvgIpc) is 2.96. The zero-order valence-electron chi connectivity index (χ0n) is 20.7. The number of carbonyl (C=O) groups is 2. The topological polar surface area (TPSA) is 71.1 Å². The first-order valence-electron chi connectivity index (χ1n) is 11.7. The van der Waals surface area contributed by atoms with Crippen LogP contribution in [0.2, 0.25) is 10.0 Å². The first-order chi connectivity index (χ1) is 16.7. The van der Waals surface area contributed by atoms with Crippen LogP contribution in [-0.2, 0) is 28.9 Å². The van der Waals surface area contributed by atoms with Gasteiger partial charge in [0.05, 0.1) is 36.4 Å². The summed E-state index contributed by atoms with van der Waals surface area (Å²) in [4.78, 5) is 28.4. The Labute approximate surface area is 217 Å². The number of ether oxygens (including phenoxy) is 2. The maximum Gasteiger partial charge on any atom is 0.227 e. The van der Waals surface area contributed by atoms with Crippen LogP contribution in [0.15, 0.2) is 24.3 Å². The molecule has 9 heteroatoms. The summed E-state index contributed by atoms with van der Waals surface area (Å²) >= 11 is 12.6. The van der Waals surface area contributed by atoms with E-state index in [1.807, 2.05) is 29.2 Å². The summed E-state index contributed by atoms with van der Waals surface area (Å²) in [5, 5.41) is 3.52. The lowest BCUT2D eigenvalue weighted by molar-refractivity contribution is -0.130. The molecule has 1 aliphatic heterocycles. The molecule has 7 nitrogen and oxygen atoms in total. The summed E-state index contributed by atoms with van der Waals surface area (Å²) in [6, 6.07) is 7.58. The number of amides is 2. The third kappa shape index (κ3) is 7.26. The van der Waals surface area contributed by atoms with E-state index in [1.54, 1.807) is 14.2 Å². The van der Waals surface area contributed by atoms with Gasteiger partial charge in [0.25, 0.3) is 0 Å². The maximum absolute atomic E-state index is 12.9. The standard InChI is InChI=1S/C26H33Cl2N3O4/c1-17(32)29-26-21(27)12-18(13-22(26)28)6-10-30(2)8-5-9-31-11-7-19-14-23(34-3)24(35-4)15-20(19)16-25(31)33/h12-15H,5-11,16H2,1-4H3,(H,29,32). The molecule has 35 heavy (non-hydrogen) atoms. The molecule has 3 rings (SSSR count). The third-order valence-electron chi connectivity index (χ3n) is 6.20. The van der Waals surface area contributed by atoms with Gasteiger partial charge in [0, 0.05) is 26.6 Å². The van der Waals surface area contributed by atoms with Crippen LogP contribution in [0.25, 0.3) is 0 Å². The van der Waals surface area contributed by atoms with Crippen molar-refractivity contribution in [2.24, 2.45) is 0 Å². The highest BCUT2D eigenvalue weighted by atomic mass is 35.5. The lowest BCUT2D eigenvalue weighted by atomic mass is 10.0. The van der Waals surface area contributed by atoms with Crippen molar-refractivity contribution in [1.82, 2.24) is 9.80 Å². The molecule has 0 saturated heterocycles. The normalized spacial score (nSPS) is 13.5. The van der Waals surface area contributed by atoms with Crippen LogP contribution < -0.4 is 14.8 Å². The van der Waals surface area contributed by atoms with Crippen molar-refractivity contribution in [2.75, 3.05) is 52.8 Å². The molecular weight excluding hydrogens is 489 g/mol. The van der Waals surface area contributed by atoms with E-state index in [2.05, 4.69) is 17.3 Å². The fourth-order valence-corrected chi connectivity index (χ4v) is 4.91. The molecule has 0 unspecified atom stereocenters. The highest BCUT2D eigenvalue weighted by Crippen LogP contribution is 2.33. The summed E-state index contributed by atoms with van der Waals surface area (Å²) in [5.41, 5.74) is 3.60. The molecular formula is C26H33Cl2N3O4. The molecule has 1 N–H and O–H groups in total. The fraction of sp³-hybridized carbons (Fsp3) is 0.462. The lowest BCUT2D eigenvalue weighted by Crippen LogP contribution is -2.35. The van der Waals surface area contributed by atoms with Gasteiger partial charge >= 0.3 is 0 Å². The van der Waals surface area contributed by atoms with Gasteiger partial charge in [0.2, 0.25) is 11.8 Å². The van der Waals surface area contributed by atoms with Crippen LogP contribution in [0.5, 0.6) is 11.5 Å². The highest BCUT2D eigenvalue weighted by molar-refractivity contribution is 6.39. The van der Waals surface area contributed by atoms with Crippen LogP contribution >= 0.6 is 23.2 Å². The largest absolute Gasteiger partial charge is 0.493 e. The summed E-state index contributed by atoms with van der Waals surface area (Å²) in [7, 11) is 5.29. The average molecular weight is 522 g/mol. The Bertz CT molecular complexity index is 1050. The number of hydrogen-bond donors (Lipinski definition) is 1. The Morgan fingerprint density at radius 2 is 1.69 bits per heavy atom. The number of fused-ring (bicyclic) bond motifs is 1. The lowest BCUT2D eigenvalue weighted by Gasteiger charge is -2.23. The van der Waals surface area contributed by atoms with Gasteiger partial charge in [-0.25, -0.2) is 0 Å². The molecule has 0 aromatic heterocycles. The van der Waals surface area contributed by atoms with E-state index in [1.165, 1.54) is 6.92 Å². The van der Waals surface area contributed by atoms with Gasteiger partial charge in [-0.05, 0) is 73.8 Å². The van der Waals surface area contributed by atoms with E-state index < -0.39 is 0 Å². The molecule has 0 bridgehead atoms. The zero-order chi connectivity index (χ0) is 25.5. The first kappa shape index (κ1) is 27.1. The van der Waals surface area contributed by atoms with Crippen LogP contribution in [0, 0.1) is 0 Å². The SMILES string of the molecule is COc1cc2c(cc1OC)CC(=O)N(CCCN(C)CCc1cc(Cl)c(NC(C)=O)c(Cl)c1)CC2. The van der Waals surface area contributed by atoms with Crippen molar-refractivity contribution >= 4 is 40.7 Å². The second-order valence-corrected chi connectivity index (χ2v) is 9.62. The number of rotatable bonds is 10. The number of carbonyl (C=O) groups excluding carboxylic acids is 2. The minimum atomic E-state index is -0.215. The van der Waals surface area contributed by atoms with Crippen molar-refractivity contribution in [2.45, 2.75) is 32.6 Å². The molecule has 2 aromatic rings. The van der Waals surface area contributed by atoms with Crippen molar-refractivity contribution < 1.29 is 19.1 Å². The fourth-order valence-electron chi connectivity index (χ4n) is 4.28. The predicted molar refractivity (Wildman–Crippen MR) is 140 cm³/mol. The molecule has 0 radical (unpaired) electrons. The minimum absolute atomic E-state index is 0.141. The van der Waals surface area contributed by atoms with Crippen molar-refractivity contribution in [3.8, 4) is 11.5 Å². The van der Waals surface area contributed by atoms with Gasteiger partial charge in [-0.15, -0.1) is 0 Å². The molecule has 2 amide bonds. The molecule has 0 saturated carbocycles. The molecule has 0 aliphatic carbocycles. The van der Waals surface area contributed by atoms with Gasteiger partial charge in [-0.2, -0.15) is 0 Å². The van der Waals surface area contributed by atoms with E-state index >= 15 is 0 Å². The van der Waals surface area contributed by atoms with Crippen molar-refractivity contribution in [3.05, 3.63) is 51.0 Å². The second kappa shape index (κ2) is 12.5. The molecule has 1 heterocycles. The van der Waals surface area contributed by atoms with Crippen LogP contribution in [0.4, 0.5) is 5.69 Å². The van der Waals surface area contributed by atoms with Gasteiger partial charge in [-0.3, -0.25) is 9.59 Å². The summed E-state index contributed by atoms with van der Waals surface area (Å²) in [6.07, 6.45) is 2.83. The Morgan fingerprint density at radius 1 is 1.06 bits per heavy atom. The molecule has 0 spiro atoms. The molecule has 2 aromatic carbocycles. The number of halogens is 2. The number of hydrogen-bond acceptors (Lipinski definition) is 5.